The Bertz CT molecular complexity index is 1050. The van der Waals surface area contributed by atoms with E-state index in [0.717, 1.165) is 25.0 Å². The van der Waals surface area contributed by atoms with E-state index in [0.29, 0.717) is 19.2 Å². The summed E-state index contributed by atoms with van der Waals surface area (Å²) in [5, 5.41) is 1.78. The number of amides is 1. The lowest BCUT2D eigenvalue weighted by Gasteiger charge is -2.17. The minimum absolute atomic E-state index is 0.0423. The third-order valence-electron chi connectivity index (χ3n) is 4.41. The average molecular weight is 467 g/mol. The molecule has 0 radical (unpaired) electrons. The molecule has 1 amide bonds. The summed E-state index contributed by atoms with van der Waals surface area (Å²) in [5.41, 5.74) is -1.29. The first kappa shape index (κ1) is 21.9. The maximum Gasteiger partial charge on any atom is 0.417 e. The number of hydrogen-bond acceptors (Lipinski definition) is 3. The van der Waals surface area contributed by atoms with E-state index in [1.165, 1.54) is 22.5 Å². The van der Waals surface area contributed by atoms with Gasteiger partial charge in [0.25, 0.3) is 5.91 Å². The molecule has 1 N–H and O–H groups in total. The molecule has 1 aliphatic rings. The monoisotopic (exact) mass is 466 g/mol. The molecule has 2 aromatic carbocycles. The Kier molecular flexibility index (Phi) is 6.14. The van der Waals surface area contributed by atoms with Crippen LogP contribution in [-0.2, 0) is 16.2 Å². The van der Waals surface area contributed by atoms with Gasteiger partial charge in [-0.15, -0.1) is 0 Å². The zero-order chi connectivity index (χ0) is 21.4. The van der Waals surface area contributed by atoms with Crippen LogP contribution in [0.1, 0.15) is 28.8 Å². The fraction of sp³-hybridized carbons (Fsp3) is 0.278. The molecule has 0 saturated carbocycles. The maximum absolute atomic E-state index is 13.0. The number of rotatable bonds is 4. The van der Waals surface area contributed by atoms with E-state index in [1.54, 1.807) is 0 Å². The Morgan fingerprint density at radius 3 is 2.24 bits per heavy atom. The van der Waals surface area contributed by atoms with Gasteiger partial charge < -0.3 is 5.32 Å². The first-order valence-corrected chi connectivity index (χ1v) is 10.7. The van der Waals surface area contributed by atoms with Crippen molar-refractivity contribution in [3.8, 4) is 0 Å². The van der Waals surface area contributed by atoms with Gasteiger partial charge in [-0.25, -0.2) is 8.42 Å². The summed E-state index contributed by atoms with van der Waals surface area (Å²) in [6.07, 6.45) is -3.22. The smallest absolute Gasteiger partial charge is 0.322 e. The molecule has 0 bridgehead atoms. The summed E-state index contributed by atoms with van der Waals surface area (Å²) in [7, 11) is -3.87. The van der Waals surface area contributed by atoms with Gasteiger partial charge in [-0.05, 0) is 49.2 Å². The Labute approximate surface area is 175 Å². The third-order valence-corrected chi connectivity index (χ3v) is 7.12. The molecular weight excluding hydrogens is 452 g/mol. The quantitative estimate of drug-likeness (QED) is 0.685. The fourth-order valence-corrected chi connectivity index (χ4v) is 5.18. The van der Waals surface area contributed by atoms with Gasteiger partial charge in [0, 0.05) is 24.3 Å². The summed E-state index contributed by atoms with van der Waals surface area (Å²) >= 11 is 11.6. The highest BCUT2D eigenvalue weighted by Crippen LogP contribution is 2.36. The van der Waals surface area contributed by atoms with E-state index < -0.39 is 32.7 Å². The van der Waals surface area contributed by atoms with Gasteiger partial charge >= 0.3 is 6.18 Å². The van der Waals surface area contributed by atoms with Crippen molar-refractivity contribution in [3.05, 3.63) is 57.6 Å². The van der Waals surface area contributed by atoms with Crippen molar-refractivity contribution in [3.63, 3.8) is 0 Å². The summed E-state index contributed by atoms with van der Waals surface area (Å²) in [6, 6.07) is 6.62. The lowest BCUT2D eigenvalue weighted by atomic mass is 10.1. The van der Waals surface area contributed by atoms with Gasteiger partial charge in [0.2, 0.25) is 10.0 Å². The van der Waals surface area contributed by atoms with E-state index in [1.807, 2.05) is 0 Å². The highest BCUT2D eigenvalue weighted by molar-refractivity contribution is 7.89. The van der Waals surface area contributed by atoms with E-state index in [2.05, 4.69) is 5.32 Å². The number of carbonyl (C=O) groups is 1. The van der Waals surface area contributed by atoms with Gasteiger partial charge in [0.1, 0.15) is 4.90 Å². The fourth-order valence-electron chi connectivity index (χ4n) is 2.93. The average Bonchev–Trinajstić information content (AvgIpc) is 3.18. The number of nitrogens with zero attached hydrogens (tertiary/aromatic N) is 1. The molecular formula is C18H15Cl2F3N2O3S. The zero-order valence-corrected chi connectivity index (χ0v) is 17.1. The van der Waals surface area contributed by atoms with Crippen molar-refractivity contribution in [1.82, 2.24) is 4.31 Å². The van der Waals surface area contributed by atoms with E-state index in [-0.39, 0.29) is 21.2 Å². The molecule has 156 valence electrons. The van der Waals surface area contributed by atoms with Gasteiger partial charge in [-0.1, -0.05) is 23.2 Å². The Balaban J connectivity index is 1.89. The Morgan fingerprint density at radius 1 is 1.00 bits per heavy atom. The SMILES string of the molecule is O=C(Nc1ccc(Cl)c(C(F)(F)F)c1)c1ccc(Cl)c(S(=O)(=O)N2CCCC2)c1. The van der Waals surface area contributed by atoms with Crippen LogP contribution in [0, 0.1) is 0 Å². The molecule has 0 aliphatic carbocycles. The van der Waals surface area contributed by atoms with Crippen LogP contribution >= 0.6 is 23.2 Å². The minimum atomic E-state index is -4.69. The molecule has 29 heavy (non-hydrogen) atoms. The largest absolute Gasteiger partial charge is 0.417 e. The lowest BCUT2D eigenvalue weighted by molar-refractivity contribution is -0.137. The van der Waals surface area contributed by atoms with Crippen LogP contribution in [0.5, 0.6) is 0 Å². The molecule has 1 saturated heterocycles. The van der Waals surface area contributed by atoms with Crippen LogP contribution in [0.2, 0.25) is 10.0 Å². The molecule has 3 rings (SSSR count). The number of benzene rings is 2. The first-order chi connectivity index (χ1) is 13.5. The van der Waals surface area contributed by atoms with Crippen molar-refractivity contribution in [2.45, 2.75) is 23.9 Å². The molecule has 0 aromatic heterocycles. The van der Waals surface area contributed by atoms with Crippen LogP contribution in [0.15, 0.2) is 41.3 Å². The molecule has 0 spiro atoms. The molecule has 1 fully saturated rings. The topological polar surface area (TPSA) is 66.5 Å². The molecule has 2 aromatic rings. The molecule has 5 nitrogen and oxygen atoms in total. The predicted molar refractivity (Wildman–Crippen MR) is 104 cm³/mol. The van der Waals surface area contributed by atoms with Crippen molar-refractivity contribution >= 4 is 44.8 Å². The van der Waals surface area contributed by atoms with Gasteiger partial charge in [-0.2, -0.15) is 17.5 Å². The number of anilines is 1. The second kappa shape index (κ2) is 8.14. The molecule has 1 heterocycles. The summed E-state index contributed by atoms with van der Waals surface area (Å²) in [6.45, 7) is 0.722. The Hall–Kier alpha value is -1.81. The normalized spacial score (nSPS) is 15.5. The van der Waals surface area contributed by atoms with Crippen molar-refractivity contribution < 1.29 is 26.4 Å². The highest BCUT2D eigenvalue weighted by atomic mass is 35.5. The minimum Gasteiger partial charge on any atom is -0.322 e. The summed E-state index contributed by atoms with van der Waals surface area (Å²) < 4.78 is 65.7. The van der Waals surface area contributed by atoms with Gasteiger partial charge in [0.15, 0.2) is 0 Å². The van der Waals surface area contributed by atoms with Crippen LogP contribution in [0.3, 0.4) is 0 Å². The van der Waals surface area contributed by atoms with Crippen molar-refractivity contribution in [1.29, 1.82) is 0 Å². The second-order valence-electron chi connectivity index (χ2n) is 6.40. The van der Waals surface area contributed by atoms with Crippen molar-refractivity contribution in [2.75, 3.05) is 18.4 Å². The molecule has 0 atom stereocenters. The Morgan fingerprint density at radius 2 is 1.62 bits per heavy atom. The van der Waals surface area contributed by atoms with Crippen LogP contribution in [0.25, 0.3) is 0 Å². The summed E-state index contributed by atoms with van der Waals surface area (Å²) in [4.78, 5) is 12.3. The first-order valence-electron chi connectivity index (χ1n) is 8.48. The van der Waals surface area contributed by atoms with Crippen LogP contribution in [-0.4, -0.2) is 31.7 Å². The standard InChI is InChI=1S/C18H15Cl2F3N2O3S/c19-14-6-4-12(10-13(14)18(21,22)23)24-17(26)11-3-5-15(20)16(9-11)29(27,28)25-7-1-2-8-25/h3-6,9-10H,1-2,7-8H2,(H,24,26). The predicted octanol–water partition coefficient (Wildman–Crippen LogP) is 5.05. The number of nitrogens with one attached hydrogen (secondary N) is 1. The van der Waals surface area contributed by atoms with E-state index in [4.69, 9.17) is 23.2 Å². The number of sulfonamides is 1. The number of alkyl halides is 3. The number of halogens is 5. The van der Waals surface area contributed by atoms with E-state index >= 15 is 0 Å². The van der Waals surface area contributed by atoms with Crippen LogP contribution in [0.4, 0.5) is 18.9 Å². The molecule has 11 heteroatoms. The lowest BCUT2D eigenvalue weighted by Crippen LogP contribution is -2.28. The van der Waals surface area contributed by atoms with Gasteiger partial charge in [-0.3, -0.25) is 4.79 Å². The molecule has 1 aliphatic heterocycles. The molecule has 0 unspecified atom stereocenters. The van der Waals surface area contributed by atoms with Crippen LogP contribution < -0.4 is 5.32 Å². The third kappa shape index (κ3) is 4.69. The highest BCUT2D eigenvalue weighted by Gasteiger charge is 2.34. The van der Waals surface area contributed by atoms with Gasteiger partial charge in [0.05, 0.1) is 15.6 Å². The number of carbonyl (C=O) groups excluding carboxylic acids is 1. The van der Waals surface area contributed by atoms with E-state index in [9.17, 15) is 26.4 Å². The van der Waals surface area contributed by atoms with Crippen molar-refractivity contribution in [2.24, 2.45) is 0 Å². The zero-order valence-electron chi connectivity index (χ0n) is 14.8. The second-order valence-corrected chi connectivity index (χ2v) is 9.12. The number of hydrogen-bond donors (Lipinski definition) is 1. The summed E-state index contributed by atoms with van der Waals surface area (Å²) in [5.74, 6) is -0.782. The maximum atomic E-state index is 13.0.